The van der Waals surface area contributed by atoms with Crippen LogP contribution >= 0.6 is 0 Å². The molecule has 0 saturated carbocycles. The van der Waals surface area contributed by atoms with Gasteiger partial charge < -0.3 is 5.32 Å². The number of rotatable bonds is 6. The Morgan fingerprint density at radius 2 is 2.00 bits per heavy atom. The number of halogens is 1. The second kappa shape index (κ2) is 6.64. The maximum Gasteiger partial charge on any atom is 0.142 e. The molecule has 1 heterocycles. The van der Waals surface area contributed by atoms with Crippen LogP contribution in [0.3, 0.4) is 0 Å². The van der Waals surface area contributed by atoms with Crippen molar-refractivity contribution in [1.82, 2.24) is 15.3 Å². The van der Waals surface area contributed by atoms with E-state index in [1.54, 1.807) is 0 Å². The first kappa shape index (κ1) is 14.0. The maximum absolute atomic E-state index is 12.0. The largest absolute Gasteiger partial charge is 0.307 e. The lowest BCUT2D eigenvalue weighted by molar-refractivity contribution is 0.463. The van der Waals surface area contributed by atoms with Gasteiger partial charge in [0.15, 0.2) is 0 Å². The molecule has 0 aliphatic heterocycles. The van der Waals surface area contributed by atoms with Gasteiger partial charge in [0.05, 0.1) is 6.54 Å². The number of hydrogen-bond donors (Lipinski definition) is 1. The number of hydrogen-bond acceptors (Lipinski definition) is 3. The second-order valence-electron chi connectivity index (χ2n) is 4.46. The lowest BCUT2D eigenvalue weighted by atomic mass is 9.98. The highest BCUT2D eigenvalue weighted by Crippen LogP contribution is 2.21. The van der Waals surface area contributed by atoms with Crippen LogP contribution in [0.5, 0.6) is 0 Å². The van der Waals surface area contributed by atoms with Crippen LogP contribution in [-0.2, 0) is 13.0 Å². The lowest BCUT2D eigenvalue weighted by Gasteiger charge is -2.15. The summed E-state index contributed by atoms with van der Waals surface area (Å²) < 4.78 is 12.0. The van der Waals surface area contributed by atoms with Crippen LogP contribution < -0.4 is 5.32 Å². The van der Waals surface area contributed by atoms with Crippen LogP contribution in [0.15, 0.2) is 0 Å². The summed E-state index contributed by atoms with van der Waals surface area (Å²) in [5.41, 5.74) is 3.41. The molecule has 0 atom stereocenters. The van der Waals surface area contributed by atoms with Crippen molar-refractivity contribution in [1.29, 1.82) is 0 Å². The van der Waals surface area contributed by atoms with Crippen molar-refractivity contribution in [3.63, 3.8) is 0 Å². The standard InChI is InChI=1S/C13H22FN3/c1-5-11-13(9(2)3)10(4)16-12(17-11)8-15-7-6-14/h9,15H,5-8H2,1-4H3. The quantitative estimate of drug-likeness (QED) is 0.775. The van der Waals surface area contributed by atoms with Crippen LogP contribution in [0.2, 0.25) is 0 Å². The zero-order chi connectivity index (χ0) is 12.8. The minimum atomic E-state index is -0.357. The first-order valence-corrected chi connectivity index (χ1v) is 6.23. The van der Waals surface area contributed by atoms with E-state index in [1.807, 2.05) is 6.92 Å². The summed E-state index contributed by atoms with van der Waals surface area (Å²) in [5, 5.41) is 2.98. The van der Waals surface area contributed by atoms with Gasteiger partial charge in [-0.1, -0.05) is 20.8 Å². The highest BCUT2D eigenvalue weighted by molar-refractivity contribution is 5.28. The molecule has 0 aliphatic carbocycles. The molecule has 1 rings (SSSR count). The minimum Gasteiger partial charge on any atom is -0.307 e. The van der Waals surface area contributed by atoms with Gasteiger partial charge in [0.25, 0.3) is 0 Å². The molecule has 1 aromatic heterocycles. The Morgan fingerprint density at radius 1 is 1.29 bits per heavy atom. The van der Waals surface area contributed by atoms with Crippen LogP contribution in [-0.4, -0.2) is 23.2 Å². The Hall–Kier alpha value is -1.03. The molecule has 0 saturated heterocycles. The zero-order valence-corrected chi connectivity index (χ0v) is 11.2. The monoisotopic (exact) mass is 239 g/mol. The molecular weight excluding hydrogens is 217 g/mol. The Bertz CT molecular complexity index is 364. The minimum absolute atomic E-state index is 0.357. The van der Waals surface area contributed by atoms with Crippen molar-refractivity contribution in [2.75, 3.05) is 13.2 Å². The van der Waals surface area contributed by atoms with Gasteiger partial charge in [0.1, 0.15) is 12.5 Å². The molecule has 0 aromatic carbocycles. The molecule has 0 spiro atoms. The summed E-state index contributed by atoms with van der Waals surface area (Å²) in [4.78, 5) is 9.03. The van der Waals surface area contributed by atoms with E-state index in [-0.39, 0.29) is 6.67 Å². The molecule has 1 aromatic rings. The Labute approximate surface area is 103 Å². The van der Waals surface area contributed by atoms with Crippen molar-refractivity contribution in [2.24, 2.45) is 0 Å². The highest BCUT2D eigenvalue weighted by Gasteiger charge is 2.13. The van der Waals surface area contributed by atoms with E-state index >= 15 is 0 Å². The molecule has 0 fully saturated rings. The van der Waals surface area contributed by atoms with E-state index in [4.69, 9.17) is 0 Å². The maximum atomic E-state index is 12.0. The number of aromatic nitrogens is 2. The third-order valence-corrected chi connectivity index (χ3v) is 2.73. The van der Waals surface area contributed by atoms with E-state index in [9.17, 15) is 4.39 Å². The Morgan fingerprint density at radius 3 is 2.53 bits per heavy atom. The van der Waals surface area contributed by atoms with Crippen LogP contribution in [0, 0.1) is 6.92 Å². The highest BCUT2D eigenvalue weighted by atomic mass is 19.1. The molecule has 0 bridgehead atoms. The molecule has 1 N–H and O–H groups in total. The van der Waals surface area contributed by atoms with Crippen molar-refractivity contribution < 1.29 is 4.39 Å². The molecule has 4 heteroatoms. The van der Waals surface area contributed by atoms with E-state index in [1.165, 1.54) is 5.56 Å². The number of alkyl halides is 1. The van der Waals surface area contributed by atoms with Gasteiger partial charge in [-0.3, -0.25) is 0 Å². The first-order valence-electron chi connectivity index (χ1n) is 6.23. The average Bonchev–Trinajstić information content (AvgIpc) is 2.27. The normalized spacial score (nSPS) is 11.2. The smallest absolute Gasteiger partial charge is 0.142 e. The third kappa shape index (κ3) is 3.73. The molecule has 0 radical (unpaired) electrons. The number of nitrogens with one attached hydrogen (secondary N) is 1. The molecule has 0 aliphatic rings. The first-order chi connectivity index (χ1) is 8.10. The fourth-order valence-electron chi connectivity index (χ4n) is 2.07. The summed E-state index contributed by atoms with van der Waals surface area (Å²) >= 11 is 0. The molecule has 96 valence electrons. The van der Waals surface area contributed by atoms with Gasteiger partial charge >= 0.3 is 0 Å². The summed E-state index contributed by atoms with van der Waals surface area (Å²) in [5.74, 6) is 1.20. The molecule has 0 amide bonds. The fraction of sp³-hybridized carbons (Fsp3) is 0.692. The van der Waals surface area contributed by atoms with Crippen molar-refractivity contribution >= 4 is 0 Å². The average molecular weight is 239 g/mol. The van der Waals surface area contributed by atoms with Crippen molar-refractivity contribution in [2.45, 2.75) is 46.6 Å². The third-order valence-electron chi connectivity index (χ3n) is 2.73. The molecule has 0 unspecified atom stereocenters. The van der Waals surface area contributed by atoms with Gasteiger partial charge in [-0.05, 0) is 24.8 Å². The lowest BCUT2D eigenvalue weighted by Crippen LogP contribution is -2.19. The van der Waals surface area contributed by atoms with Crippen molar-refractivity contribution in [3.8, 4) is 0 Å². The second-order valence-corrected chi connectivity index (χ2v) is 4.46. The fourth-order valence-corrected chi connectivity index (χ4v) is 2.07. The Kier molecular flexibility index (Phi) is 5.48. The number of aryl methyl sites for hydroxylation is 2. The van der Waals surface area contributed by atoms with Gasteiger partial charge in [0, 0.05) is 17.9 Å². The van der Waals surface area contributed by atoms with Crippen LogP contribution in [0.1, 0.15) is 49.5 Å². The van der Waals surface area contributed by atoms with E-state index in [0.29, 0.717) is 19.0 Å². The summed E-state index contributed by atoms with van der Waals surface area (Å²) in [7, 11) is 0. The van der Waals surface area contributed by atoms with Gasteiger partial charge in [0.2, 0.25) is 0 Å². The topological polar surface area (TPSA) is 37.8 Å². The molecule has 3 nitrogen and oxygen atoms in total. The van der Waals surface area contributed by atoms with Crippen LogP contribution in [0.25, 0.3) is 0 Å². The predicted octanol–water partition coefficient (Wildman–Crippen LogP) is 2.53. The summed E-state index contributed by atoms with van der Waals surface area (Å²) in [6.07, 6.45) is 0.910. The summed E-state index contributed by atoms with van der Waals surface area (Å²) in [6, 6.07) is 0. The van der Waals surface area contributed by atoms with Crippen LogP contribution in [0.4, 0.5) is 4.39 Å². The molecule has 17 heavy (non-hydrogen) atoms. The predicted molar refractivity (Wildman–Crippen MR) is 67.9 cm³/mol. The van der Waals surface area contributed by atoms with Gasteiger partial charge in [-0.25, -0.2) is 14.4 Å². The van der Waals surface area contributed by atoms with Crippen molar-refractivity contribution in [3.05, 3.63) is 22.8 Å². The molecular formula is C13H22FN3. The van der Waals surface area contributed by atoms with E-state index in [0.717, 1.165) is 23.6 Å². The summed E-state index contributed by atoms with van der Waals surface area (Å²) in [6.45, 7) is 8.98. The zero-order valence-electron chi connectivity index (χ0n) is 11.2. The Balaban J connectivity index is 2.92. The SMILES string of the molecule is CCc1nc(CNCCF)nc(C)c1C(C)C. The van der Waals surface area contributed by atoms with Gasteiger partial charge in [-0.2, -0.15) is 0 Å². The van der Waals surface area contributed by atoms with E-state index in [2.05, 4.69) is 36.1 Å². The van der Waals surface area contributed by atoms with Gasteiger partial charge in [-0.15, -0.1) is 0 Å². The number of nitrogens with zero attached hydrogens (tertiary/aromatic N) is 2. The van der Waals surface area contributed by atoms with E-state index < -0.39 is 0 Å².